The van der Waals surface area contributed by atoms with Gasteiger partial charge in [-0.05, 0) is 25.7 Å². The Bertz CT molecular complexity index is 306. The Morgan fingerprint density at radius 2 is 1.84 bits per heavy atom. The van der Waals surface area contributed by atoms with E-state index in [4.69, 9.17) is 4.74 Å². The van der Waals surface area contributed by atoms with Crippen LogP contribution in [0.15, 0.2) is 0 Å². The van der Waals surface area contributed by atoms with Crippen molar-refractivity contribution in [2.45, 2.75) is 51.0 Å². The average Bonchev–Trinajstić information content (AvgIpc) is 2.76. The van der Waals surface area contributed by atoms with Crippen LogP contribution in [-0.4, -0.2) is 49.1 Å². The molecule has 0 aromatic heterocycles. The van der Waals surface area contributed by atoms with Crippen LogP contribution >= 0.6 is 0 Å². The number of ether oxygens (including phenoxy) is 1. The zero-order valence-electron chi connectivity index (χ0n) is 11.5. The summed E-state index contributed by atoms with van der Waals surface area (Å²) >= 11 is 0. The minimum Gasteiger partial charge on any atom is -0.376 e. The van der Waals surface area contributed by atoms with Gasteiger partial charge >= 0.3 is 0 Å². The van der Waals surface area contributed by atoms with Crippen molar-refractivity contribution in [2.24, 2.45) is 0 Å². The van der Waals surface area contributed by atoms with Gasteiger partial charge in [-0.1, -0.05) is 12.8 Å². The Labute approximate surface area is 114 Å². The van der Waals surface area contributed by atoms with Gasteiger partial charge in [0.05, 0.1) is 6.10 Å². The molecule has 2 aliphatic heterocycles. The number of amides is 2. The highest BCUT2D eigenvalue weighted by Crippen LogP contribution is 2.12. The predicted molar refractivity (Wildman–Crippen MR) is 71.6 cm³/mol. The van der Waals surface area contributed by atoms with Crippen LogP contribution < -0.4 is 5.32 Å². The van der Waals surface area contributed by atoms with Crippen molar-refractivity contribution >= 4 is 11.8 Å². The molecule has 1 atom stereocenters. The number of carbonyl (C=O) groups excluding carboxylic acids is 2. The fraction of sp³-hybridized carbons (Fsp3) is 0.857. The summed E-state index contributed by atoms with van der Waals surface area (Å²) in [6.07, 6.45) is 6.67. The number of nitrogens with one attached hydrogen (secondary N) is 1. The van der Waals surface area contributed by atoms with E-state index in [1.54, 1.807) is 0 Å². The van der Waals surface area contributed by atoms with Gasteiger partial charge in [0, 0.05) is 26.2 Å². The molecule has 5 heteroatoms. The smallest absolute Gasteiger partial charge is 0.232 e. The Morgan fingerprint density at radius 1 is 1.11 bits per heavy atom. The Kier molecular flexibility index (Phi) is 5.63. The lowest BCUT2D eigenvalue weighted by Gasteiger charge is -2.20. The molecule has 0 spiro atoms. The molecular formula is C14H24N2O3. The Morgan fingerprint density at radius 3 is 2.47 bits per heavy atom. The molecule has 2 aliphatic rings. The second-order valence-corrected chi connectivity index (χ2v) is 5.41. The van der Waals surface area contributed by atoms with Gasteiger partial charge in [0.25, 0.3) is 0 Å². The number of carbonyl (C=O) groups is 2. The van der Waals surface area contributed by atoms with Gasteiger partial charge < -0.3 is 15.0 Å². The van der Waals surface area contributed by atoms with Crippen molar-refractivity contribution in [1.82, 2.24) is 10.2 Å². The summed E-state index contributed by atoms with van der Waals surface area (Å²) in [7, 11) is 0. The van der Waals surface area contributed by atoms with Gasteiger partial charge in [0.15, 0.2) is 0 Å². The highest BCUT2D eigenvalue weighted by molar-refractivity contribution is 5.96. The highest BCUT2D eigenvalue weighted by Gasteiger charge is 2.20. The summed E-state index contributed by atoms with van der Waals surface area (Å²) in [5.41, 5.74) is 0. The van der Waals surface area contributed by atoms with E-state index >= 15 is 0 Å². The van der Waals surface area contributed by atoms with E-state index in [1.807, 2.05) is 4.90 Å². The van der Waals surface area contributed by atoms with Crippen LogP contribution in [0.1, 0.15) is 44.9 Å². The molecule has 0 aromatic carbocycles. The molecule has 1 unspecified atom stereocenters. The Hall–Kier alpha value is -1.10. The second kappa shape index (κ2) is 7.48. The number of hydrogen-bond donors (Lipinski definition) is 1. The zero-order chi connectivity index (χ0) is 13.5. The van der Waals surface area contributed by atoms with E-state index in [0.29, 0.717) is 6.54 Å². The zero-order valence-corrected chi connectivity index (χ0v) is 11.5. The first-order valence-corrected chi connectivity index (χ1v) is 7.42. The molecule has 0 radical (unpaired) electrons. The fourth-order valence-corrected chi connectivity index (χ4v) is 2.66. The predicted octanol–water partition coefficient (Wildman–Crippen LogP) is 1.07. The van der Waals surface area contributed by atoms with Crippen LogP contribution in [0.5, 0.6) is 0 Å². The number of nitrogens with zero attached hydrogens (tertiary/aromatic N) is 1. The van der Waals surface area contributed by atoms with Crippen molar-refractivity contribution in [2.75, 3.05) is 26.2 Å². The SMILES string of the molecule is O=C(CC(=O)N1CCCCCC1)NCC1CCCO1. The summed E-state index contributed by atoms with van der Waals surface area (Å²) < 4.78 is 5.43. The number of likely N-dealkylation sites (tertiary alicyclic amines) is 1. The van der Waals surface area contributed by atoms with Crippen LogP contribution in [0, 0.1) is 0 Å². The summed E-state index contributed by atoms with van der Waals surface area (Å²) in [5.74, 6) is -0.212. The van der Waals surface area contributed by atoms with E-state index < -0.39 is 0 Å². The molecule has 2 fully saturated rings. The molecule has 2 rings (SSSR count). The van der Waals surface area contributed by atoms with Crippen molar-refractivity contribution in [3.63, 3.8) is 0 Å². The maximum absolute atomic E-state index is 12.0. The maximum atomic E-state index is 12.0. The van der Waals surface area contributed by atoms with E-state index in [2.05, 4.69) is 5.32 Å². The maximum Gasteiger partial charge on any atom is 0.232 e. The van der Waals surface area contributed by atoms with Gasteiger partial charge in [-0.15, -0.1) is 0 Å². The van der Waals surface area contributed by atoms with Crippen molar-refractivity contribution in [1.29, 1.82) is 0 Å². The van der Waals surface area contributed by atoms with Crippen molar-refractivity contribution in [3.05, 3.63) is 0 Å². The molecule has 0 aromatic rings. The topological polar surface area (TPSA) is 58.6 Å². The third-order valence-corrected chi connectivity index (χ3v) is 3.82. The molecule has 19 heavy (non-hydrogen) atoms. The average molecular weight is 268 g/mol. The fourth-order valence-electron chi connectivity index (χ4n) is 2.66. The molecule has 2 heterocycles. The lowest BCUT2D eigenvalue weighted by Crippen LogP contribution is -2.38. The first-order chi connectivity index (χ1) is 9.25. The molecule has 0 bridgehead atoms. The second-order valence-electron chi connectivity index (χ2n) is 5.41. The minimum absolute atomic E-state index is 0.0211. The molecule has 2 amide bonds. The van der Waals surface area contributed by atoms with Crippen LogP contribution in [0.4, 0.5) is 0 Å². The summed E-state index contributed by atoms with van der Waals surface area (Å²) in [6.45, 7) is 2.93. The molecule has 2 saturated heterocycles. The molecule has 0 saturated carbocycles. The lowest BCUT2D eigenvalue weighted by atomic mass is 10.2. The molecule has 5 nitrogen and oxygen atoms in total. The van der Waals surface area contributed by atoms with Gasteiger partial charge in [0.2, 0.25) is 11.8 Å². The Balaban J connectivity index is 1.66. The molecule has 1 N–H and O–H groups in total. The molecule has 108 valence electrons. The molecule has 0 aliphatic carbocycles. The van der Waals surface area contributed by atoms with Crippen LogP contribution in [-0.2, 0) is 14.3 Å². The standard InChI is InChI=1S/C14H24N2O3/c17-13(15-11-12-6-5-9-19-12)10-14(18)16-7-3-1-2-4-8-16/h12H,1-11H2,(H,15,17). The summed E-state index contributed by atoms with van der Waals surface area (Å²) in [4.78, 5) is 25.5. The van der Waals surface area contributed by atoms with E-state index in [0.717, 1.165) is 45.4 Å². The van der Waals surface area contributed by atoms with Crippen LogP contribution in [0.3, 0.4) is 0 Å². The normalized spacial score (nSPS) is 24.0. The van der Waals surface area contributed by atoms with Crippen molar-refractivity contribution in [3.8, 4) is 0 Å². The van der Waals surface area contributed by atoms with Crippen LogP contribution in [0.2, 0.25) is 0 Å². The van der Waals surface area contributed by atoms with Gasteiger partial charge in [-0.25, -0.2) is 0 Å². The highest BCUT2D eigenvalue weighted by atomic mass is 16.5. The van der Waals surface area contributed by atoms with Gasteiger partial charge in [-0.2, -0.15) is 0 Å². The van der Waals surface area contributed by atoms with E-state index in [-0.39, 0.29) is 24.3 Å². The van der Waals surface area contributed by atoms with E-state index in [1.165, 1.54) is 12.8 Å². The number of rotatable bonds is 4. The van der Waals surface area contributed by atoms with E-state index in [9.17, 15) is 9.59 Å². The minimum atomic E-state index is -0.176. The lowest BCUT2D eigenvalue weighted by molar-refractivity contribution is -0.136. The van der Waals surface area contributed by atoms with Crippen LogP contribution in [0.25, 0.3) is 0 Å². The first-order valence-electron chi connectivity index (χ1n) is 7.42. The van der Waals surface area contributed by atoms with Crippen molar-refractivity contribution < 1.29 is 14.3 Å². The summed E-state index contributed by atoms with van der Waals surface area (Å²) in [6, 6.07) is 0. The third kappa shape index (κ3) is 4.82. The first kappa shape index (κ1) is 14.3. The quantitative estimate of drug-likeness (QED) is 0.776. The number of hydrogen-bond acceptors (Lipinski definition) is 3. The molecular weight excluding hydrogens is 244 g/mol. The van der Waals surface area contributed by atoms with Gasteiger partial charge in [0.1, 0.15) is 6.42 Å². The largest absolute Gasteiger partial charge is 0.376 e. The van der Waals surface area contributed by atoms with Gasteiger partial charge in [-0.3, -0.25) is 9.59 Å². The third-order valence-electron chi connectivity index (χ3n) is 3.82. The summed E-state index contributed by atoms with van der Waals surface area (Å²) in [5, 5.41) is 2.80. The monoisotopic (exact) mass is 268 g/mol.